The van der Waals surface area contributed by atoms with Crippen LogP contribution in [0, 0.1) is 0 Å². The lowest BCUT2D eigenvalue weighted by Crippen LogP contribution is -2.54. The lowest BCUT2D eigenvalue weighted by atomic mass is 10.1. The summed E-state index contributed by atoms with van der Waals surface area (Å²) in [5.74, 6) is 0.751. The average molecular weight is 456 g/mol. The largest absolute Gasteiger partial charge is 0.491 e. The molecule has 6 nitrogen and oxygen atoms in total. The van der Waals surface area contributed by atoms with E-state index in [2.05, 4.69) is 4.90 Å². The second-order valence-corrected chi connectivity index (χ2v) is 7.20. The summed E-state index contributed by atoms with van der Waals surface area (Å²) in [5, 5.41) is 10.2. The van der Waals surface area contributed by atoms with E-state index in [1.54, 1.807) is 0 Å². The minimum atomic E-state index is -0.567. The van der Waals surface area contributed by atoms with Crippen molar-refractivity contribution in [3.63, 3.8) is 0 Å². The Morgan fingerprint density at radius 3 is 2.13 bits per heavy atom. The van der Waals surface area contributed by atoms with Crippen LogP contribution < -0.4 is 10.5 Å². The molecule has 0 radical (unpaired) electrons. The first-order chi connectivity index (χ1) is 13.6. The van der Waals surface area contributed by atoms with Crippen molar-refractivity contribution in [1.82, 2.24) is 9.80 Å². The SMILES string of the molecule is Cl.Cl.NC(Cc1ccccc1)C(=O)N1CCN(CC(O)COc2ccccc2)CC1. The zero-order chi connectivity index (χ0) is 19.8. The van der Waals surface area contributed by atoms with Gasteiger partial charge in [0, 0.05) is 32.7 Å². The first-order valence-corrected chi connectivity index (χ1v) is 9.78. The van der Waals surface area contributed by atoms with Crippen LogP contribution in [0.2, 0.25) is 0 Å². The predicted octanol–water partition coefficient (Wildman–Crippen LogP) is 1.98. The molecule has 2 aromatic carbocycles. The second-order valence-electron chi connectivity index (χ2n) is 7.20. The Bertz CT molecular complexity index is 729. The molecule has 1 saturated heterocycles. The monoisotopic (exact) mass is 455 g/mol. The quantitative estimate of drug-likeness (QED) is 0.635. The molecule has 2 unspecified atom stereocenters. The molecule has 1 amide bonds. The molecule has 8 heteroatoms. The van der Waals surface area contributed by atoms with Crippen molar-refractivity contribution in [3.05, 3.63) is 66.2 Å². The van der Waals surface area contributed by atoms with E-state index in [0.717, 1.165) is 24.4 Å². The van der Waals surface area contributed by atoms with Crippen LogP contribution in [-0.2, 0) is 11.2 Å². The second kappa shape index (κ2) is 13.5. The fraction of sp³-hybridized carbons (Fsp3) is 0.409. The Hall–Kier alpha value is -1.83. The summed E-state index contributed by atoms with van der Waals surface area (Å²) >= 11 is 0. The van der Waals surface area contributed by atoms with E-state index in [4.69, 9.17) is 10.5 Å². The zero-order valence-electron chi connectivity index (χ0n) is 16.9. The van der Waals surface area contributed by atoms with Gasteiger partial charge in [0.15, 0.2) is 0 Å². The van der Waals surface area contributed by atoms with Gasteiger partial charge in [-0.1, -0.05) is 48.5 Å². The third kappa shape index (κ3) is 8.13. The molecule has 0 bridgehead atoms. The van der Waals surface area contributed by atoms with Crippen LogP contribution in [0.4, 0.5) is 0 Å². The number of ether oxygens (including phenoxy) is 1. The maximum atomic E-state index is 12.6. The molecule has 0 aromatic heterocycles. The highest BCUT2D eigenvalue weighted by molar-refractivity contribution is 5.85. The minimum Gasteiger partial charge on any atom is -0.491 e. The summed E-state index contributed by atoms with van der Waals surface area (Å²) in [7, 11) is 0. The first-order valence-electron chi connectivity index (χ1n) is 9.78. The minimum absolute atomic E-state index is 0. The third-order valence-corrected chi connectivity index (χ3v) is 4.95. The van der Waals surface area contributed by atoms with Gasteiger partial charge in [-0.15, -0.1) is 24.8 Å². The predicted molar refractivity (Wildman–Crippen MR) is 124 cm³/mol. The van der Waals surface area contributed by atoms with Gasteiger partial charge < -0.3 is 20.5 Å². The number of benzene rings is 2. The van der Waals surface area contributed by atoms with Crippen LogP contribution in [-0.4, -0.2) is 72.3 Å². The number of para-hydroxylation sites is 1. The molecule has 1 fully saturated rings. The molecule has 0 spiro atoms. The molecule has 2 aromatic rings. The van der Waals surface area contributed by atoms with Crippen LogP contribution in [0.25, 0.3) is 0 Å². The van der Waals surface area contributed by atoms with E-state index < -0.39 is 12.1 Å². The normalized spacial score (nSPS) is 16.0. The first kappa shape index (κ1) is 26.2. The fourth-order valence-electron chi connectivity index (χ4n) is 3.40. The van der Waals surface area contributed by atoms with E-state index in [1.165, 1.54) is 0 Å². The van der Waals surface area contributed by atoms with Gasteiger partial charge >= 0.3 is 0 Å². The average Bonchev–Trinajstić information content (AvgIpc) is 2.74. The van der Waals surface area contributed by atoms with E-state index >= 15 is 0 Å². The van der Waals surface area contributed by atoms with Crippen molar-refractivity contribution in [3.8, 4) is 5.75 Å². The van der Waals surface area contributed by atoms with Crippen molar-refractivity contribution < 1.29 is 14.6 Å². The Kier molecular flexibility index (Phi) is 11.8. The zero-order valence-corrected chi connectivity index (χ0v) is 18.6. The molecule has 0 aliphatic carbocycles. The number of aliphatic hydroxyl groups excluding tert-OH is 1. The highest BCUT2D eigenvalue weighted by Crippen LogP contribution is 2.10. The van der Waals surface area contributed by atoms with Gasteiger partial charge in [0.25, 0.3) is 0 Å². The maximum Gasteiger partial charge on any atom is 0.239 e. The highest BCUT2D eigenvalue weighted by Gasteiger charge is 2.26. The summed E-state index contributed by atoms with van der Waals surface area (Å²) in [5.41, 5.74) is 7.20. The Balaban J connectivity index is 0.00000225. The molecule has 3 N–H and O–H groups in total. The van der Waals surface area contributed by atoms with Crippen LogP contribution in [0.5, 0.6) is 5.75 Å². The van der Waals surface area contributed by atoms with E-state index in [0.29, 0.717) is 26.1 Å². The van der Waals surface area contributed by atoms with Gasteiger partial charge in [-0.25, -0.2) is 0 Å². The van der Waals surface area contributed by atoms with Crippen LogP contribution in [0.1, 0.15) is 5.56 Å². The molecule has 1 aliphatic heterocycles. The van der Waals surface area contributed by atoms with Crippen molar-refractivity contribution >= 4 is 30.7 Å². The number of nitrogens with two attached hydrogens (primary N) is 1. The number of hydrogen-bond acceptors (Lipinski definition) is 5. The van der Waals surface area contributed by atoms with Crippen molar-refractivity contribution in [1.29, 1.82) is 0 Å². The Morgan fingerprint density at radius 1 is 0.967 bits per heavy atom. The molecule has 30 heavy (non-hydrogen) atoms. The number of β-amino-alcohol motifs (C(OH)–C–C–N with tert-alkyl or cyclic N) is 1. The number of nitrogens with zero attached hydrogens (tertiary/aromatic N) is 2. The summed E-state index contributed by atoms with van der Waals surface area (Å²) in [6, 6.07) is 18.8. The Morgan fingerprint density at radius 2 is 1.53 bits per heavy atom. The van der Waals surface area contributed by atoms with E-state index in [9.17, 15) is 9.90 Å². The van der Waals surface area contributed by atoms with Gasteiger partial charge in [-0.3, -0.25) is 9.69 Å². The molecule has 1 aliphatic rings. The number of amides is 1. The van der Waals surface area contributed by atoms with Gasteiger partial charge in [-0.2, -0.15) is 0 Å². The molecule has 0 saturated carbocycles. The molecule has 3 rings (SSSR count). The topological polar surface area (TPSA) is 79.0 Å². The van der Waals surface area contributed by atoms with Gasteiger partial charge in [0.1, 0.15) is 18.5 Å². The number of carbonyl (C=O) groups excluding carboxylic acids is 1. The van der Waals surface area contributed by atoms with E-state index in [-0.39, 0.29) is 37.3 Å². The number of halogens is 2. The fourth-order valence-corrected chi connectivity index (χ4v) is 3.40. The lowest BCUT2D eigenvalue weighted by Gasteiger charge is -2.36. The van der Waals surface area contributed by atoms with Crippen molar-refractivity contribution in [2.75, 3.05) is 39.3 Å². The molecule has 1 heterocycles. The lowest BCUT2D eigenvalue weighted by molar-refractivity contribution is -0.134. The number of carbonyl (C=O) groups is 1. The third-order valence-electron chi connectivity index (χ3n) is 4.95. The standard InChI is InChI=1S/C22H29N3O3.2ClH/c23-21(15-18-7-3-1-4-8-18)22(27)25-13-11-24(12-14-25)16-19(26)17-28-20-9-5-2-6-10-20;;/h1-10,19,21,26H,11-17,23H2;2*1H. The highest BCUT2D eigenvalue weighted by atomic mass is 35.5. The molecular weight excluding hydrogens is 425 g/mol. The van der Waals surface area contributed by atoms with Crippen molar-refractivity contribution in [2.45, 2.75) is 18.6 Å². The van der Waals surface area contributed by atoms with Crippen LogP contribution >= 0.6 is 24.8 Å². The number of rotatable bonds is 8. The Labute approximate surface area is 190 Å². The van der Waals surface area contributed by atoms with Gasteiger partial charge in [0.05, 0.1) is 6.04 Å². The molecular formula is C22H31Cl2N3O3. The maximum absolute atomic E-state index is 12.6. The summed E-state index contributed by atoms with van der Waals surface area (Å²) in [6.45, 7) is 3.51. The number of piperazine rings is 1. The number of hydrogen-bond donors (Lipinski definition) is 2. The number of aliphatic hydroxyl groups is 1. The van der Waals surface area contributed by atoms with Crippen LogP contribution in [0.3, 0.4) is 0 Å². The van der Waals surface area contributed by atoms with Crippen molar-refractivity contribution in [2.24, 2.45) is 5.73 Å². The van der Waals surface area contributed by atoms with Crippen LogP contribution in [0.15, 0.2) is 60.7 Å². The smallest absolute Gasteiger partial charge is 0.239 e. The molecule has 2 atom stereocenters. The van der Waals surface area contributed by atoms with E-state index in [1.807, 2.05) is 65.6 Å². The summed E-state index contributed by atoms with van der Waals surface area (Å²) in [6.07, 6.45) is -0.0158. The van der Waals surface area contributed by atoms with Gasteiger partial charge in [0.2, 0.25) is 5.91 Å². The summed E-state index contributed by atoms with van der Waals surface area (Å²) in [4.78, 5) is 16.6. The van der Waals surface area contributed by atoms with Gasteiger partial charge in [-0.05, 0) is 24.1 Å². The summed E-state index contributed by atoms with van der Waals surface area (Å²) < 4.78 is 5.60. The molecule has 166 valence electrons.